The van der Waals surface area contributed by atoms with Gasteiger partial charge in [-0.25, -0.2) is 4.79 Å². The fourth-order valence-corrected chi connectivity index (χ4v) is 2.11. The van der Waals surface area contributed by atoms with Crippen LogP contribution in [0.1, 0.15) is 31.1 Å². The molecule has 0 spiro atoms. The Balaban J connectivity index is 2.11. The highest BCUT2D eigenvalue weighted by atomic mass is 16.5. The van der Waals surface area contributed by atoms with Crippen LogP contribution in [0.5, 0.6) is 0 Å². The van der Waals surface area contributed by atoms with Gasteiger partial charge in [0, 0.05) is 24.5 Å². The molecule has 0 aromatic carbocycles. The maximum absolute atomic E-state index is 12.4. The van der Waals surface area contributed by atoms with Crippen molar-refractivity contribution in [2.24, 2.45) is 0 Å². The van der Waals surface area contributed by atoms with Crippen molar-refractivity contribution in [2.45, 2.75) is 32.4 Å². The van der Waals surface area contributed by atoms with E-state index in [2.05, 4.69) is 20.8 Å². The van der Waals surface area contributed by atoms with Gasteiger partial charge in [0.1, 0.15) is 0 Å². The van der Waals surface area contributed by atoms with E-state index in [1.807, 2.05) is 10.8 Å². The minimum Gasteiger partial charge on any atom is -0.479 e. The first-order chi connectivity index (χ1) is 9.29. The summed E-state index contributed by atoms with van der Waals surface area (Å²) in [6.07, 6.45) is 2.73. The molecule has 2 heterocycles. The number of carbonyl (C=O) groups is 2. The lowest BCUT2D eigenvalue weighted by Gasteiger charge is -2.30. The van der Waals surface area contributed by atoms with Crippen molar-refractivity contribution in [3.63, 3.8) is 0 Å². The molecule has 6 nitrogen and oxygen atoms in total. The Labute approximate surface area is 117 Å². The normalized spacial score (nSPS) is 19.9. The number of carboxylic acid groups (broad SMARTS) is 1. The Morgan fingerprint density at radius 2 is 2.10 bits per heavy atom. The van der Waals surface area contributed by atoms with Gasteiger partial charge in [-0.2, -0.15) is 0 Å². The van der Waals surface area contributed by atoms with Gasteiger partial charge in [-0.15, -0.1) is 0 Å². The number of ether oxygens (including phenoxy) is 1. The van der Waals surface area contributed by atoms with Crippen molar-refractivity contribution in [1.29, 1.82) is 0 Å². The van der Waals surface area contributed by atoms with Crippen molar-refractivity contribution < 1.29 is 19.4 Å². The van der Waals surface area contributed by atoms with Crippen LogP contribution in [-0.4, -0.2) is 52.3 Å². The van der Waals surface area contributed by atoms with Crippen LogP contribution >= 0.6 is 0 Å². The fraction of sp³-hybridized carbons (Fsp3) is 0.571. The van der Waals surface area contributed by atoms with Gasteiger partial charge in [-0.3, -0.25) is 4.79 Å². The molecule has 1 atom stereocenters. The third-order valence-corrected chi connectivity index (χ3v) is 3.34. The zero-order chi connectivity index (χ0) is 14.9. The van der Waals surface area contributed by atoms with Crippen LogP contribution in [-0.2, 0) is 15.1 Å². The van der Waals surface area contributed by atoms with Crippen LogP contribution in [0.25, 0.3) is 0 Å². The summed E-state index contributed by atoms with van der Waals surface area (Å²) in [5.74, 6) is -1.18. The Kier molecular flexibility index (Phi) is 3.85. The van der Waals surface area contributed by atoms with Crippen LogP contribution in [0.4, 0.5) is 0 Å². The predicted molar refractivity (Wildman–Crippen MR) is 72.7 cm³/mol. The number of carbonyl (C=O) groups excluding carboxylic acids is 1. The van der Waals surface area contributed by atoms with Gasteiger partial charge < -0.3 is 19.3 Å². The van der Waals surface area contributed by atoms with E-state index in [1.165, 1.54) is 4.90 Å². The van der Waals surface area contributed by atoms with E-state index in [4.69, 9.17) is 9.84 Å². The molecule has 110 valence electrons. The van der Waals surface area contributed by atoms with Gasteiger partial charge in [-0.1, -0.05) is 0 Å². The van der Waals surface area contributed by atoms with E-state index in [9.17, 15) is 9.59 Å². The molecule has 1 unspecified atom stereocenters. The van der Waals surface area contributed by atoms with Crippen LogP contribution in [0.2, 0.25) is 0 Å². The fourth-order valence-electron chi connectivity index (χ4n) is 2.11. The standard InChI is InChI=1S/C14H20N2O4/c1-14(2,3)16-5-4-10(8-16)12(17)15-6-7-20-11(9-15)13(18)19/h4-5,8,11H,6-7,9H2,1-3H3,(H,18,19). The van der Waals surface area contributed by atoms with Gasteiger partial charge in [0.2, 0.25) is 0 Å². The third kappa shape index (κ3) is 3.01. The minimum absolute atomic E-state index is 0.0901. The number of aromatic nitrogens is 1. The molecule has 0 radical (unpaired) electrons. The number of hydrogen-bond donors (Lipinski definition) is 1. The lowest BCUT2D eigenvalue weighted by molar-refractivity contribution is -0.154. The minimum atomic E-state index is -1.03. The zero-order valence-corrected chi connectivity index (χ0v) is 12.0. The number of morpholine rings is 1. The van der Waals surface area contributed by atoms with Crippen molar-refractivity contribution >= 4 is 11.9 Å². The highest BCUT2D eigenvalue weighted by Crippen LogP contribution is 2.17. The highest BCUT2D eigenvalue weighted by Gasteiger charge is 2.30. The number of hydrogen-bond acceptors (Lipinski definition) is 3. The Hall–Kier alpha value is -1.82. The first-order valence-corrected chi connectivity index (χ1v) is 6.61. The SMILES string of the molecule is CC(C)(C)n1ccc(C(=O)N2CCOC(C(=O)O)C2)c1. The van der Waals surface area contributed by atoms with Crippen LogP contribution < -0.4 is 0 Å². The third-order valence-electron chi connectivity index (χ3n) is 3.34. The van der Waals surface area contributed by atoms with Crippen molar-refractivity contribution in [3.05, 3.63) is 24.0 Å². The molecule has 0 aliphatic carbocycles. The molecule has 1 aromatic rings. The quantitative estimate of drug-likeness (QED) is 0.882. The molecule has 1 fully saturated rings. The van der Waals surface area contributed by atoms with Crippen LogP contribution in [0.3, 0.4) is 0 Å². The Bertz CT molecular complexity index is 515. The monoisotopic (exact) mass is 280 g/mol. The molecule has 0 saturated carbocycles. The number of rotatable bonds is 2. The van der Waals surface area contributed by atoms with Gasteiger partial charge in [-0.05, 0) is 26.8 Å². The first kappa shape index (κ1) is 14.6. The maximum Gasteiger partial charge on any atom is 0.334 e. The maximum atomic E-state index is 12.4. The molecule has 1 aliphatic rings. The summed E-state index contributed by atoms with van der Waals surface area (Å²) in [5, 5.41) is 8.95. The summed E-state index contributed by atoms with van der Waals surface area (Å²) in [6, 6.07) is 1.76. The molecule has 20 heavy (non-hydrogen) atoms. The lowest BCUT2D eigenvalue weighted by Crippen LogP contribution is -2.48. The second-order valence-corrected chi connectivity index (χ2v) is 5.93. The molecule has 1 N–H and O–H groups in total. The molecule has 1 aromatic heterocycles. The Morgan fingerprint density at radius 3 is 2.65 bits per heavy atom. The van der Waals surface area contributed by atoms with E-state index in [0.29, 0.717) is 12.1 Å². The van der Waals surface area contributed by atoms with Crippen molar-refractivity contribution in [1.82, 2.24) is 9.47 Å². The topological polar surface area (TPSA) is 71.8 Å². The number of aliphatic carboxylic acids is 1. The summed E-state index contributed by atoms with van der Waals surface area (Å²) in [4.78, 5) is 24.8. The summed E-state index contributed by atoms with van der Waals surface area (Å²) >= 11 is 0. The Morgan fingerprint density at radius 1 is 1.40 bits per heavy atom. The molecule has 1 amide bonds. The summed E-state index contributed by atoms with van der Waals surface area (Å²) in [6.45, 7) is 6.92. The van der Waals surface area contributed by atoms with Gasteiger partial charge in [0.15, 0.2) is 6.10 Å². The predicted octanol–water partition coefficient (Wildman–Crippen LogP) is 1.17. The molecule has 6 heteroatoms. The van der Waals surface area contributed by atoms with E-state index in [-0.39, 0.29) is 24.6 Å². The largest absolute Gasteiger partial charge is 0.479 e. The molecule has 2 rings (SSSR count). The van der Waals surface area contributed by atoms with Gasteiger partial charge >= 0.3 is 5.97 Å². The van der Waals surface area contributed by atoms with E-state index < -0.39 is 12.1 Å². The first-order valence-electron chi connectivity index (χ1n) is 6.61. The molecule has 0 bridgehead atoms. The van der Waals surface area contributed by atoms with Crippen molar-refractivity contribution in [3.8, 4) is 0 Å². The number of amides is 1. The van der Waals surface area contributed by atoms with Crippen molar-refractivity contribution in [2.75, 3.05) is 19.7 Å². The van der Waals surface area contributed by atoms with E-state index >= 15 is 0 Å². The number of nitrogens with zero attached hydrogens (tertiary/aromatic N) is 2. The summed E-state index contributed by atoms with van der Waals surface area (Å²) in [7, 11) is 0. The van der Waals surface area contributed by atoms with Crippen LogP contribution in [0.15, 0.2) is 18.5 Å². The van der Waals surface area contributed by atoms with Crippen LogP contribution in [0, 0.1) is 0 Å². The second-order valence-electron chi connectivity index (χ2n) is 5.93. The smallest absolute Gasteiger partial charge is 0.334 e. The average molecular weight is 280 g/mol. The molecule has 1 saturated heterocycles. The average Bonchev–Trinajstić information content (AvgIpc) is 2.87. The van der Waals surface area contributed by atoms with E-state index in [0.717, 1.165) is 0 Å². The summed E-state index contributed by atoms with van der Waals surface area (Å²) in [5.41, 5.74) is 0.485. The number of carboxylic acids is 1. The van der Waals surface area contributed by atoms with E-state index in [1.54, 1.807) is 12.3 Å². The highest BCUT2D eigenvalue weighted by molar-refractivity contribution is 5.94. The lowest BCUT2D eigenvalue weighted by atomic mass is 10.1. The zero-order valence-electron chi connectivity index (χ0n) is 12.0. The molecular weight excluding hydrogens is 260 g/mol. The van der Waals surface area contributed by atoms with Gasteiger partial charge in [0.05, 0.1) is 18.7 Å². The second kappa shape index (κ2) is 5.28. The van der Waals surface area contributed by atoms with Gasteiger partial charge in [0.25, 0.3) is 5.91 Å². The molecule has 1 aliphatic heterocycles. The molecular formula is C14H20N2O4. The summed E-state index contributed by atoms with van der Waals surface area (Å²) < 4.78 is 7.08.